The summed E-state index contributed by atoms with van der Waals surface area (Å²) < 4.78 is 4.74. The fraction of sp³-hybridized carbons (Fsp3) is 0.444. The lowest BCUT2D eigenvalue weighted by Gasteiger charge is -2.05. The van der Waals surface area contributed by atoms with Crippen LogP contribution in [0.5, 0.6) is 0 Å². The number of nitriles is 1. The van der Waals surface area contributed by atoms with Crippen LogP contribution in [0.4, 0.5) is 0 Å². The number of aromatic nitrogens is 1. The van der Waals surface area contributed by atoms with E-state index in [-0.39, 0.29) is 11.6 Å². The quantitative estimate of drug-likeness (QED) is 0.777. The predicted octanol–water partition coefficient (Wildman–Crippen LogP) is 1.01. The molecule has 0 aliphatic rings. The van der Waals surface area contributed by atoms with Crippen LogP contribution in [0.3, 0.4) is 0 Å². The summed E-state index contributed by atoms with van der Waals surface area (Å²) in [5.74, 6) is 0.190. The Morgan fingerprint density at radius 2 is 2.57 bits per heavy atom. The summed E-state index contributed by atoms with van der Waals surface area (Å²) in [6.45, 7) is 3.52. The first-order chi connectivity index (χ1) is 6.67. The summed E-state index contributed by atoms with van der Waals surface area (Å²) in [5.41, 5.74) is 0.205. The number of nitrogens with zero attached hydrogens (tertiary/aromatic N) is 2. The van der Waals surface area contributed by atoms with E-state index < -0.39 is 6.04 Å². The molecule has 0 saturated heterocycles. The first-order valence-corrected chi connectivity index (χ1v) is 4.31. The van der Waals surface area contributed by atoms with Crippen LogP contribution in [0, 0.1) is 18.3 Å². The molecule has 1 rings (SSSR count). The van der Waals surface area contributed by atoms with Crippen molar-refractivity contribution < 1.29 is 9.32 Å². The van der Waals surface area contributed by atoms with Crippen molar-refractivity contribution in [3.05, 3.63) is 17.5 Å². The molecule has 0 aliphatic heterocycles. The van der Waals surface area contributed by atoms with Gasteiger partial charge in [0.1, 0.15) is 11.8 Å². The van der Waals surface area contributed by atoms with E-state index in [0.717, 1.165) is 0 Å². The predicted molar refractivity (Wildman–Crippen MR) is 48.4 cm³/mol. The van der Waals surface area contributed by atoms with Crippen molar-refractivity contribution in [3.63, 3.8) is 0 Å². The Kier molecular flexibility index (Phi) is 3.24. The van der Waals surface area contributed by atoms with Crippen molar-refractivity contribution >= 4 is 5.91 Å². The van der Waals surface area contributed by atoms with Crippen molar-refractivity contribution in [1.82, 2.24) is 10.5 Å². The van der Waals surface area contributed by atoms with E-state index in [1.807, 2.05) is 13.0 Å². The molecule has 74 valence electrons. The highest BCUT2D eigenvalue weighted by Crippen LogP contribution is 2.01. The van der Waals surface area contributed by atoms with Gasteiger partial charge in [-0.2, -0.15) is 5.26 Å². The lowest BCUT2D eigenvalue weighted by Crippen LogP contribution is -2.33. The average Bonchev–Trinajstić information content (AvgIpc) is 2.61. The molecule has 1 amide bonds. The second kappa shape index (κ2) is 4.42. The van der Waals surface area contributed by atoms with Gasteiger partial charge in [-0.3, -0.25) is 4.79 Å². The number of amides is 1. The van der Waals surface area contributed by atoms with Crippen LogP contribution in [-0.4, -0.2) is 17.1 Å². The Hall–Kier alpha value is -1.83. The van der Waals surface area contributed by atoms with Gasteiger partial charge < -0.3 is 9.84 Å². The van der Waals surface area contributed by atoms with E-state index in [2.05, 4.69) is 10.5 Å². The molecular weight excluding hydrogens is 182 g/mol. The maximum Gasteiger partial charge on any atom is 0.274 e. The zero-order chi connectivity index (χ0) is 10.6. The highest BCUT2D eigenvalue weighted by atomic mass is 16.5. The normalized spacial score (nSPS) is 11.8. The molecule has 0 radical (unpaired) electrons. The summed E-state index contributed by atoms with van der Waals surface area (Å²) in [4.78, 5) is 11.4. The first kappa shape index (κ1) is 10.3. The smallest absolute Gasteiger partial charge is 0.274 e. The Labute approximate surface area is 81.7 Å². The first-order valence-electron chi connectivity index (χ1n) is 4.31. The van der Waals surface area contributed by atoms with Gasteiger partial charge in [-0.25, -0.2) is 0 Å². The van der Waals surface area contributed by atoms with E-state index >= 15 is 0 Å². The molecular formula is C9H11N3O2. The number of hydrogen-bond acceptors (Lipinski definition) is 4. The number of hydrogen-bond donors (Lipinski definition) is 1. The van der Waals surface area contributed by atoms with Gasteiger partial charge in [0.2, 0.25) is 0 Å². The van der Waals surface area contributed by atoms with Crippen molar-refractivity contribution in [3.8, 4) is 6.07 Å². The zero-order valence-corrected chi connectivity index (χ0v) is 8.07. The third kappa shape index (κ3) is 2.33. The number of aryl methyl sites for hydroxylation is 1. The number of carbonyl (C=O) groups excluding carboxylic acids is 1. The van der Waals surface area contributed by atoms with Gasteiger partial charge >= 0.3 is 0 Å². The number of carbonyl (C=O) groups is 1. The number of nitrogens with one attached hydrogen (secondary N) is 1. The standard InChI is InChI=1S/C9H11N3O2/c1-3-7(5-10)11-9(13)8-4-6(2)14-12-8/h4,7H,3H2,1-2H3,(H,11,13). The Morgan fingerprint density at radius 3 is 3.00 bits per heavy atom. The molecule has 1 atom stereocenters. The SMILES string of the molecule is CCC(C#N)NC(=O)c1cc(C)on1. The van der Waals surface area contributed by atoms with Crippen molar-refractivity contribution in [2.45, 2.75) is 26.3 Å². The molecule has 0 spiro atoms. The molecule has 1 N–H and O–H groups in total. The molecule has 0 aliphatic carbocycles. The largest absolute Gasteiger partial charge is 0.361 e. The highest BCUT2D eigenvalue weighted by molar-refractivity contribution is 5.92. The van der Waals surface area contributed by atoms with E-state index in [1.165, 1.54) is 6.07 Å². The van der Waals surface area contributed by atoms with E-state index in [4.69, 9.17) is 9.78 Å². The summed E-state index contributed by atoms with van der Waals surface area (Å²) in [6.07, 6.45) is 0.569. The van der Waals surface area contributed by atoms with Crippen LogP contribution >= 0.6 is 0 Å². The minimum Gasteiger partial charge on any atom is -0.361 e. The molecule has 1 heterocycles. The van der Waals surface area contributed by atoms with Gasteiger partial charge in [0.25, 0.3) is 5.91 Å². The Morgan fingerprint density at radius 1 is 1.86 bits per heavy atom. The molecule has 14 heavy (non-hydrogen) atoms. The van der Waals surface area contributed by atoms with Crippen molar-refractivity contribution in [2.24, 2.45) is 0 Å². The molecule has 0 fully saturated rings. The van der Waals surface area contributed by atoms with Gasteiger partial charge in [0.05, 0.1) is 6.07 Å². The third-order valence-electron chi connectivity index (χ3n) is 1.73. The average molecular weight is 193 g/mol. The van der Waals surface area contributed by atoms with Crippen LogP contribution in [0.1, 0.15) is 29.6 Å². The van der Waals surface area contributed by atoms with Gasteiger partial charge in [-0.1, -0.05) is 12.1 Å². The van der Waals surface area contributed by atoms with E-state index in [0.29, 0.717) is 12.2 Å². The van der Waals surface area contributed by atoms with E-state index in [1.54, 1.807) is 6.92 Å². The summed E-state index contributed by atoms with van der Waals surface area (Å²) in [6, 6.07) is 3.02. The zero-order valence-electron chi connectivity index (χ0n) is 8.07. The molecule has 1 unspecified atom stereocenters. The lowest BCUT2D eigenvalue weighted by molar-refractivity contribution is 0.0935. The third-order valence-corrected chi connectivity index (χ3v) is 1.73. The van der Waals surface area contributed by atoms with E-state index in [9.17, 15) is 4.79 Å². The second-order valence-electron chi connectivity index (χ2n) is 2.89. The van der Waals surface area contributed by atoms with Gasteiger partial charge in [0.15, 0.2) is 5.69 Å². The monoisotopic (exact) mass is 193 g/mol. The topological polar surface area (TPSA) is 78.9 Å². The minimum absolute atomic E-state index is 0.205. The fourth-order valence-electron chi connectivity index (χ4n) is 0.931. The molecule has 0 aromatic carbocycles. The number of rotatable bonds is 3. The minimum atomic E-state index is -0.473. The molecule has 1 aromatic rings. The van der Waals surface area contributed by atoms with Gasteiger partial charge in [-0.05, 0) is 13.3 Å². The molecule has 0 saturated carbocycles. The highest BCUT2D eigenvalue weighted by Gasteiger charge is 2.14. The summed E-state index contributed by atoms with van der Waals surface area (Å²) in [5, 5.41) is 14.7. The maximum atomic E-state index is 11.4. The fourth-order valence-corrected chi connectivity index (χ4v) is 0.931. The molecule has 5 heteroatoms. The van der Waals surface area contributed by atoms with Crippen LogP contribution in [0.25, 0.3) is 0 Å². The van der Waals surface area contributed by atoms with Crippen molar-refractivity contribution in [1.29, 1.82) is 5.26 Å². The Bertz CT molecular complexity index is 364. The van der Waals surface area contributed by atoms with Crippen LogP contribution in [-0.2, 0) is 0 Å². The van der Waals surface area contributed by atoms with Crippen LogP contribution in [0.15, 0.2) is 10.6 Å². The summed E-state index contributed by atoms with van der Waals surface area (Å²) >= 11 is 0. The van der Waals surface area contributed by atoms with Gasteiger partial charge in [-0.15, -0.1) is 0 Å². The van der Waals surface area contributed by atoms with Crippen LogP contribution in [0.2, 0.25) is 0 Å². The van der Waals surface area contributed by atoms with Crippen molar-refractivity contribution in [2.75, 3.05) is 0 Å². The molecule has 1 aromatic heterocycles. The molecule has 0 bridgehead atoms. The maximum absolute atomic E-state index is 11.4. The van der Waals surface area contributed by atoms with Crippen LogP contribution < -0.4 is 5.32 Å². The Balaban J connectivity index is 2.64. The lowest BCUT2D eigenvalue weighted by atomic mass is 10.2. The van der Waals surface area contributed by atoms with Gasteiger partial charge in [0, 0.05) is 6.07 Å². The molecule has 5 nitrogen and oxygen atoms in total. The summed E-state index contributed by atoms with van der Waals surface area (Å²) in [7, 11) is 0. The second-order valence-corrected chi connectivity index (χ2v) is 2.89.